The Morgan fingerprint density at radius 2 is 1.82 bits per heavy atom. The maximum atomic E-state index is 11.5. The lowest BCUT2D eigenvalue weighted by atomic mass is 10.1. The lowest BCUT2D eigenvalue weighted by Gasteiger charge is -2.07. The fourth-order valence-electron chi connectivity index (χ4n) is 1.70. The molecule has 1 aromatic rings. The molecule has 0 aliphatic heterocycles. The van der Waals surface area contributed by atoms with Crippen LogP contribution in [-0.2, 0) is 25.5 Å². The van der Waals surface area contributed by atoms with Gasteiger partial charge in [-0.2, -0.15) is 0 Å². The lowest BCUT2D eigenvalue weighted by Crippen LogP contribution is -2.11. The van der Waals surface area contributed by atoms with Crippen molar-refractivity contribution in [2.45, 2.75) is 26.2 Å². The molecule has 0 aliphatic rings. The minimum atomic E-state index is -0.432. The molecule has 0 fully saturated rings. The number of anilines is 1. The summed E-state index contributed by atoms with van der Waals surface area (Å²) in [5.74, 6) is -0.711. The van der Waals surface area contributed by atoms with Crippen molar-refractivity contribution >= 4 is 17.6 Å². The normalized spacial score (nSPS) is 9.91. The average Bonchev–Trinajstić information content (AvgIpc) is 2.52. The van der Waals surface area contributed by atoms with Gasteiger partial charge in [-0.1, -0.05) is 18.7 Å². The van der Waals surface area contributed by atoms with E-state index in [2.05, 4.69) is 11.9 Å². The molecule has 120 valence electrons. The summed E-state index contributed by atoms with van der Waals surface area (Å²) < 4.78 is 10.0. The van der Waals surface area contributed by atoms with Crippen molar-refractivity contribution in [3.8, 4) is 0 Å². The smallest absolute Gasteiger partial charge is 0.333 e. The quantitative estimate of drug-likeness (QED) is 0.432. The first-order valence-corrected chi connectivity index (χ1v) is 7.28. The second-order valence-electron chi connectivity index (χ2n) is 4.94. The van der Waals surface area contributed by atoms with Crippen LogP contribution in [0, 0.1) is 0 Å². The minimum absolute atomic E-state index is 0.201. The lowest BCUT2D eigenvalue weighted by molar-refractivity contribution is -0.145. The van der Waals surface area contributed by atoms with E-state index in [0.29, 0.717) is 25.0 Å². The molecule has 22 heavy (non-hydrogen) atoms. The molecule has 0 spiro atoms. The number of carbonyl (C=O) groups is 2. The topological polar surface area (TPSA) is 64.6 Å². The zero-order chi connectivity index (χ0) is 16.4. The van der Waals surface area contributed by atoms with Gasteiger partial charge in [0.2, 0.25) is 0 Å². The van der Waals surface area contributed by atoms with Crippen LogP contribution in [0.25, 0.3) is 0 Å². The van der Waals surface area contributed by atoms with Gasteiger partial charge in [-0.15, -0.1) is 0 Å². The van der Waals surface area contributed by atoms with E-state index in [0.717, 1.165) is 11.3 Å². The molecule has 5 heteroatoms. The zero-order valence-corrected chi connectivity index (χ0v) is 13.2. The van der Waals surface area contributed by atoms with Crippen molar-refractivity contribution in [2.24, 2.45) is 0 Å². The fourth-order valence-corrected chi connectivity index (χ4v) is 1.70. The number of hydrogen-bond acceptors (Lipinski definition) is 5. The maximum Gasteiger partial charge on any atom is 0.333 e. The fraction of sp³-hybridized carbons (Fsp3) is 0.412. The first-order valence-electron chi connectivity index (χ1n) is 7.28. The van der Waals surface area contributed by atoms with Crippen molar-refractivity contribution < 1.29 is 19.1 Å². The predicted octanol–water partition coefficient (Wildman–Crippen LogP) is 2.71. The predicted molar refractivity (Wildman–Crippen MR) is 85.7 cm³/mol. The molecule has 0 heterocycles. The highest BCUT2D eigenvalue weighted by Crippen LogP contribution is 2.09. The van der Waals surface area contributed by atoms with E-state index in [-0.39, 0.29) is 19.0 Å². The maximum absolute atomic E-state index is 11.5. The van der Waals surface area contributed by atoms with Gasteiger partial charge in [-0.05, 0) is 31.0 Å². The second-order valence-corrected chi connectivity index (χ2v) is 4.94. The average molecular weight is 305 g/mol. The van der Waals surface area contributed by atoms with Crippen LogP contribution in [0.5, 0.6) is 0 Å². The van der Waals surface area contributed by atoms with Crippen LogP contribution >= 0.6 is 0 Å². The van der Waals surface area contributed by atoms with E-state index < -0.39 is 5.97 Å². The molecular formula is C17H23NO4. The minimum Gasteiger partial charge on any atom is -0.465 e. The third kappa shape index (κ3) is 6.92. The number of benzene rings is 1. The van der Waals surface area contributed by atoms with Crippen LogP contribution in [0.2, 0.25) is 0 Å². The SMILES string of the molecule is C=C(C)C(=O)OCCCC(=O)OCCc1ccc(NC)cc1. The third-order valence-corrected chi connectivity index (χ3v) is 3.00. The van der Waals surface area contributed by atoms with E-state index in [9.17, 15) is 9.59 Å². The largest absolute Gasteiger partial charge is 0.465 e. The van der Waals surface area contributed by atoms with Crippen LogP contribution in [0.3, 0.4) is 0 Å². The molecule has 1 rings (SSSR count). The summed E-state index contributed by atoms with van der Waals surface area (Å²) in [5, 5.41) is 3.05. The summed E-state index contributed by atoms with van der Waals surface area (Å²) in [6, 6.07) is 7.95. The Bertz CT molecular complexity index is 508. The van der Waals surface area contributed by atoms with Crippen molar-refractivity contribution in [1.82, 2.24) is 0 Å². The summed E-state index contributed by atoms with van der Waals surface area (Å²) in [5.41, 5.74) is 2.51. The van der Waals surface area contributed by atoms with Crippen molar-refractivity contribution in [3.63, 3.8) is 0 Å². The molecule has 0 saturated heterocycles. The molecule has 0 aromatic heterocycles. The van der Waals surface area contributed by atoms with E-state index in [1.807, 2.05) is 31.3 Å². The van der Waals surface area contributed by atoms with Crippen LogP contribution in [0.4, 0.5) is 5.69 Å². The van der Waals surface area contributed by atoms with Gasteiger partial charge in [-0.25, -0.2) is 4.79 Å². The van der Waals surface area contributed by atoms with Gasteiger partial charge in [-0.3, -0.25) is 4.79 Å². The number of hydrogen-bond donors (Lipinski definition) is 1. The third-order valence-electron chi connectivity index (χ3n) is 3.00. The first-order chi connectivity index (χ1) is 10.5. The Morgan fingerprint density at radius 1 is 1.14 bits per heavy atom. The van der Waals surface area contributed by atoms with E-state index in [1.54, 1.807) is 6.92 Å². The summed E-state index contributed by atoms with van der Waals surface area (Å²) in [4.78, 5) is 22.6. The zero-order valence-electron chi connectivity index (χ0n) is 13.2. The summed E-state index contributed by atoms with van der Waals surface area (Å²) in [7, 11) is 1.87. The van der Waals surface area contributed by atoms with Crippen LogP contribution in [0.15, 0.2) is 36.4 Å². The Hall–Kier alpha value is -2.30. The van der Waals surface area contributed by atoms with E-state index in [1.165, 1.54) is 0 Å². The Labute approximate surface area is 131 Å². The summed E-state index contributed by atoms with van der Waals surface area (Å²) in [6.45, 7) is 5.61. The highest BCUT2D eigenvalue weighted by Gasteiger charge is 2.06. The van der Waals surface area contributed by atoms with Gasteiger partial charge in [0.15, 0.2) is 0 Å². The number of esters is 2. The Kier molecular flexibility index (Phi) is 7.75. The van der Waals surface area contributed by atoms with Crippen LogP contribution in [0.1, 0.15) is 25.3 Å². The molecule has 0 amide bonds. The van der Waals surface area contributed by atoms with Crippen molar-refractivity contribution in [2.75, 3.05) is 25.6 Å². The van der Waals surface area contributed by atoms with Gasteiger partial charge in [0.1, 0.15) is 0 Å². The van der Waals surface area contributed by atoms with Gasteiger partial charge >= 0.3 is 11.9 Å². The molecule has 0 bridgehead atoms. The van der Waals surface area contributed by atoms with Crippen LogP contribution in [-0.4, -0.2) is 32.2 Å². The van der Waals surface area contributed by atoms with Gasteiger partial charge in [0.05, 0.1) is 13.2 Å². The molecular weight excluding hydrogens is 282 g/mol. The molecule has 0 atom stereocenters. The Balaban J connectivity index is 2.12. The highest BCUT2D eigenvalue weighted by atomic mass is 16.5. The Morgan fingerprint density at radius 3 is 2.41 bits per heavy atom. The van der Waals surface area contributed by atoms with E-state index in [4.69, 9.17) is 9.47 Å². The standard InChI is InChI=1S/C17H23NO4/c1-13(2)17(20)22-11-4-5-16(19)21-12-10-14-6-8-15(18-3)9-7-14/h6-9,18H,1,4-5,10-12H2,2-3H3. The molecule has 0 aliphatic carbocycles. The molecule has 0 radical (unpaired) electrons. The van der Waals surface area contributed by atoms with Gasteiger partial charge in [0.25, 0.3) is 0 Å². The molecule has 5 nitrogen and oxygen atoms in total. The second kappa shape index (κ2) is 9.60. The number of carbonyl (C=O) groups excluding carboxylic acids is 2. The van der Waals surface area contributed by atoms with Crippen molar-refractivity contribution in [1.29, 1.82) is 0 Å². The molecule has 0 saturated carbocycles. The van der Waals surface area contributed by atoms with E-state index >= 15 is 0 Å². The highest BCUT2D eigenvalue weighted by molar-refractivity contribution is 5.86. The number of rotatable bonds is 9. The monoisotopic (exact) mass is 305 g/mol. The number of ether oxygens (including phenoxy) is 2. The van der Waals surface area contributed by atoms with Gasteiger partial charge in [0, 0.05) is 31.1 Å². The first kappa shape index (κ1) is 17.8. The summed E-state index contributed by atoms with van der Waals surface area (Å²) in [6.07, 6.45) is 1.37. The van der Waals surface area contributed by atoms with Crippen LogP contribution < -0.4 is 5.32 Å². The van der Waals surface area contributed by atoms with Crippen molar-refractivity contribution in [3.05, 3.63) is 42.0 Å². The molecule has 1 aromatic carbocycles. The number of nitrogens with one attached hydrogen (secondary N) is 1. The summed E-state index contributed by atoms with van der Waals surface area (Å²) >= 11 is 0. The van der Waals surface area contributed by atoms with Gasteiger partial charge < -0.3 is 14.8 Å². The molecule has 0 unspecified atom stereocenters. The molecule has 1 N–H and O–H groups in total.